The fourth-order valence-corrected chi connectivity index (χ4v) is 2.71. The third-order valence-electron chi connectivity index (χ3n) is 3.75. The van der Waals surface area contributed by atoms with E-state index in [9.17, 15) is 14.4 Å². The molecular weight excluding hydrogens is 364 g/mol. The molecule has 0 amide bonds. The van der Waals surface area contributed by atoms with Gasteiger partial charge in [-0.05, 0) is 19.1 Å². The van der Waals surface area contributed by atoms with E-state index in [1.807, 2.05) is 0 Å². The SMILES string of the molecule is C[C@@H](C(=O)c1ccc(Br)cc1)n1cnc2c(=O)[nH]c(=O)n(C)c21. The number of halogens is 1. The van der Waals surface area contributed by atoms with Gasteiger partial charge < -0.3 is 4.57 Å². The summed E-state index contributed by atoms with van der Waals surface area (Å²) in [5.41, 5.74) is -0.130. The van der Waals surface area contributed by atoms with Crippen molar-refractivity contribution in [1.82, 2.24) is 19.1 Å². The van der Waals surface area contributed by atoms with Crippen molar-refractivity contribution in [3.8, 4) is 0 Å². The van der Waals surface area contributed by atoms with Crippen molar-refractivity contribution in [2.75, 3.05) is 0 Å². The molecule has 2 aromatic heterocycles. The lowest BCUT2D eigenvalue weighted by Crippen LogP contribution is -2.30. The van der Waals surface area contributed by atoms with Gasteiger partial charge in [0.15, 0.2) is 16.9 Å². The first-order chi connectivity index (χ1) is 10.9. The first-order valence-corrected chi connectivity index (χ1v) is 7.65. The van der Waals surface area contributed by atoms with Crippen LogP contribution in [0, 0.1) is 0 Å². The van der Waals surface area contributed by atoms with Gasteiger partial charge in [0, 0.05) is 17.1 Å². The number of aromatic amines is 1. The maximum absolute atomic E-state index is 12.6. The van der Waals surface area contributed by atoms with Gasteiger partial charge in [0.25, 0.3) is 5.56 Å². The van der Waals surface area contributed by atoms with E-state index in [1.54, 1.807) is 31.2 Å². The Morgan fingerprint density at radius 2 is 1.91 bits per heavy atom. The molecule has 0 fully saturated rings. The number of fused-ring (bicyclic) bond motifs is 1. The number of hydrogen-bond donors (Lipinski definition) is 1. The van der Waals surface area contributed by atoms with Gasteiger partial charge in [0.1, 0.15) is 0 Å². The van der Waals surface area contributed by atoms with Crippen molar-refractivity contribution in [1.29, 1.82) is 0 Å². The summed E-state index contributed by atoms with van der Waals surface area (Å²) in [6, 6.07) is 6.40. The second-order valence-corrected chi connectivity index (χ2v) is 6.11. The van der Waals surface area contributed by atoms with Crippen molar-refractivity contribution in [2.45, 2.75) is 13.0 Å². The molecule has 3 aromatic rings. The zero-order valence-electron chi connectivity index (χ0n) is 12.4. The standard InChI is InChI=1S/C15H13BrN4O3/c1-8(12(21)9-3-5-10(16)6-4-9)20-7-17-11-13(22)18-15(23)19(2)14(11)20/h3-8H,1-2H3,(H,18,22,23)/t8-/m0/s1. The zero-order valence-corrected chi connectivity index (χ0v) is 14.0. The molecule has 118 valence electrons. The molecule has 0 aliphatic carbocycles. The third-order valence-corrected chi connectivity index (χ3v) is 4.28. The van der Waals surface area contributed by atoms with Gasteiger partial charge >= 0.3 is 5.69 Å². The highest BCUT2D eigenvalue weighted by molar-refractivity contribution is 9.10. The van der Waals surface area contributed by atoms with Crippen molar-refractivity contribution in [3.63, 3.8) is 0 Å². The molecule has 1 atom stereocenters. The van der Waals surface area contributed by atoms with E-state index in [4.69, 9.17) is 0 Å². The van der Waals surface area contributed by atoms with Crippen LogP contribution in [0.4, 0.5) is 0 Å². The number of hydrogen-bond acceptors (Lipinski definition) is 4. The van der Waals surface area contributed by atoms with Gasteiger partial charge in [-0.25, -0.2) is 9.78 Å². The molecule has 0 bridgehead atoms. The molecule has 0 aliphatic heterocycles. The number of benzene rings is 1. The number of imidazole rings is 1. The summed E-state index contributed by atoms with van der Waals surface area (Å²) >= 11 is 3.33. The Hall–Kier alpha value is -2.48. The number of ketones is 1. The summed E-state index contributed by atoms with van der Waals surface area (Å²) in [6.45, 7) is 1.71. The molecular formula is C15H13BrN4O3. The van der Waals surface area contributed by atoms with Crippen LogP contribution >= 0.6 is 15.9 Å². The fourth-order valence-electron chi connectivity index (χ4n) is 2.45. The van der Waals surface area contributed by atoms with E-state index in [2.05, 4.69) is 25.9 Å². The van der Waals surface area contributed by atoms with E-state index < -0.39 is 17.3 Å². The van der Waals surface area contributed by atoms with E-state index >= 15 is 0 Å². The summed E-state index contributed by atoms with van der Waals surface area (Å²) in [5.74, 6) is -0.135. The van der Waals surface area contributed by atoms with Gasteiger partial charge in [0.2, 0.25) is 0 Å². The first-order valence-electron chi connectivity index (χ1n) is 6.85. The van der Waals surface area contributed by atoms with Crippen LogP contribution in [0.1, 0.15) is 23.3 Å². The number of aryl methyl sites for hydroxylation is 1. The van der Waals surface area contributed by atoms with Crippen LogP contribution < -0.4 is 11.2 Å². The third kappa shape index (κ3) is 2.55. The van der Waals surface area contributed by atoms with Crippen LogP contribution in [0.25, 0.3) is 11.2 Å². The predicted molar refractivity (Wildman–Crippen MR) is 88.8 cm³/mol. The Labute approximate surface area is 138 Å². The van der Waals surface area contributed by atoms with Crippen LogP contribution in [0.5, 0.6) is 0 Å². The number of nitrogens with one attached hydrogen (secondary N) is 1. The van der Waals surface area contributed by atoms with Crippen LogP contribution in [0.2, 0.25) is 0 Å². The normalized spacial score (nSPS) is 12.5. The molecule has 1 aromatic carbocycles. The molecule has 0 saturated heterocycles. The molecule has 23 heavy (non-hydrogen) atoms. The molecule has 2 heterocycles. The monoisotopic (exact) mass is 376 g/mol. The lowest BCUT2D eigenvalue weighted by atomic mass is 10.1. The number of H-pyrrole nitrogens is 1. The van der Waals surface area contributed by atoms with Gasteiger partial charge in [-0.2, -0.15) is 0 Å². The van der Waals surface area contributed by atoms with E-state index in [-0.39, 0.29) is 11.3 Å². The molecule has 0 spiro atoms. The highest BCUT2D eigenvalue weighted by Crippen LogP contribution is 2.19. The number of rotatable bonds is 3. The van der Waals surface area contributed by atoms with Crippen molar-refractivity contribution < 1.29 is 4.79 Å². The average Bonchev–Trinajstić information content (AvgIpc) is 2.97. The van der Waals surface area contributed by atoms with Crippen molar-refractivity contribution in [2.24, 2.45) is 7.05 Å². The Morgan fingerprint density at radius 3 is 2.57 bits per heavy atom. The van der Waals surface area contributed by atoms with Gasteiger partial charge in [-0.15, -0.1) is 0 Å². The van der Waals surface area contributed by atoms with Crippen molar-refractivity contribution in [3.05, 3.63) is 61.5 Å². The Bertz CT molecular complexity index is 1010. The van der Waals surface area contributed by atoms with E-state index in [0.29, 0.717) is 11.2 Å². The maximum Gasteiger partial charge on any atom is 0.329 e. The molecule has 0 aliphatic rings. The first kappa shape index (κ1) is 15.4. The number of carbonyl (C=O) groups excluding carboxylic acids is 1. The second-order valence-electron chi connectivity index (χ2n) is 5.19. The summed E-state index contributed by atoms with van der Waals surface area (Å²) < 4.78 is 3.69. The summed E-state index contributed by atoms with van der Waals surface area (Å²) in [6.07, 6.45) is 1.40. The van der Waals surface area contributed by atoms with Gasteiger partial charge in [0.05, 0.1) is 12.4 Å². The topological polar surface area (TPSA) is 89.8 Å². The molecule has 0 saturated carbocycles. The minimum Gasteiger partial charge on any atom is -0.306 e. The number of aromatic nitrogens is 4. The minimum absolute atomic E-state index is 0.127. The molecule has 0 radical (unpaired) electrons. The maximum atomic E-state index is 12.6. The molecule has 8 heteroatoms. The van der Waals surface area contributed by atoms with Gasteiger partial charge in [-0.3, -0.25) is 19.1 Å². The number of nitrogens with zero attached hydrogens (tertiary/aromatic N) is 3. The molecule has 1 N–H and O–H groups in total. The van der Waals surface area contributed by atoms with Crippen LogP contribution in [-0.2, 0) is 7.05 Å². The second kappa shape index (κ2) is 5.62. The number of carbonyl (C=O) groups is 1. The highest BCUT2D eigenvalue weighted by Gasteiger charge is 2.21. The quantitative estimate of drug-likeness (QED) is 0.703. The Morgan fingerprint density at radius 1 is 1.26 bits per heavy atom. The Balaban J connectivity index is 2.13. The Kier molecular flexibility index (Phi) is 3.77. The number of Topliss-reactive ketones (excluding diaryl/α,β-unsaturated/α-hetero) is 1. The largest absolute Gasteiger partial charge is 0.329 e. The molecule has 0 unspecified atom stereocenters. The van der Waals surface area contributed by atoms with Crippen LogP contribution in [-0.4, -0.2) is 24.9 Å². The molecule has 3 rings (SSSR count). The zero-order chi connectivity index (χ0) is 16.7. The summed E-state index contributed by atoms with van der Waals surface area (Å²) in [7, 11) is 1.52. The summed E-state index contributed by atoms with van der Waals surface area (Å²) in [5, 5.41) is 0. The minimum atomic E-state index is -0.603. The lowest BCUT2D eigenvalue weighted by Gasteiger charge is -2.14. The predicted octanol–water partition coefficient (Wildman–Crippen LogP) is 1.63. The summed E-state index contributed by atoms with van der Waals surface area (Å²) in [4.78, 5) is 42.5. The van der Waals surface area contributed by atoms with Crippen LogP contribution in [0.3, 0.4) is 0 Å². The highest BCUT2D eigenvalue weighted by atomic mass is 79.9. The smallest absolute Gasteiger partial charge is 0.306 e. The fraction of sp³-hybridized carbons (Fsp3) is 0.200. The van der Waals surface area contributed by atoms with Gasteiger partial charge in [-0.1, -0.05) is 28.1 Å². The van der Waals surface area contributed by atoms with E-state index in [0.717, 1.165) is 4.47 Å². The average molecular weight is 377 g/mol. The van der Waals surface area contributed by atoms with E-state index in [1.165, 1.54) is 22.5 Å². The lowest BCUT2D eigenvalue weighted by molar-refractivity contribution is 0.0936. The van der Waals surface area contributed by atoms with Crippen molar-refractivity contribution >= 4 is 32.9 Å². The van der Waals surface area contributed by atoms with Crippen LogP contribution in [0.15, 0.2) is 44.7 Å². The molecule has 7 nitrogen and oxygen atoms in total.